The lowest BCUT2D eigenvalue weighted by atomic mass is 10.1. The SMILES string of the molecule is COc1cc(-c2cnc3c(NC(C)C(=O)OC(C)(C)C)nc4ccccc4n23)ccc1C. The Morgan fingerprint density at radius 2 is 1.91 bits per heavy atom. The quantitative estimate of drug-likeness (QED) is 0.447. The highest BCUT2D eigenvalue weighted by Gasteiger charge is 2.24. The van der Waals surface area contributed by atoms with Crippen molar-refractivity contribution in [3.05, 3.63) is 54.2 Å². The maximum Gasteiger partial charge on any atom is 0.328 e. The highest BCUT2D eigenvalue weighted by Crippen LogP contribution is 2.31. The van der Waals surface area contributed by atoms with Crippen molar-refractivity contribution in [2.75, 3.05) is 12.4 Å². The zero-order valence-electron chi connectivity index (χ0n) is 19.3. The third kappa shape index (κ3) is 4.10. The normalized spacial score (nSPS) is 12.7. The van der Waals surface area contributed by atoms with Gasteiger partial charge in [0, 0.05) is 5.56 Å². The van der Waals surface area contributed by atoms with Crippen molar-refractivity contribution in [3.8, 4) is 17.0 Å². The van der Waals surface area contributed by atoms with Crippen LogP contribution in [0.5, 0.6) is 5.75 Å². The van der Waals surface area contributed by atoms with Gasteiger partial charge in [0.05, 0.1) is 30.0 Å². The number of esters is 1. The summed E-state index contributed by atoms with van der Waals surface area (Å²) in [6, 6.07) is 13.3. The van der Waals surface area contributed by atoms with Crippen molar-refractivity contribution in [2.24, 2.45) is 0 Å². The topological polar surface area (TPSA) is 77.8 Å². The van der Waals surface area contributed by atoms with Gasteiger partial charge in [-0.25, -0.2) is 14.8 Å². The second kappa shape index (κ2) is 8.15. The summed E-state index contributed by atoms with van der Waals surface area (Å²) in [5.74, 6) is 0.987. The molecule has 1 N–H and O–H groups in total. The lowest BCUT2D eigenvalue weighted by molar-refractivity contribution is -0.155. The number of benzene rings is 2. The molecular weight excluding hydrogens is 404 g/mol. The van der Waals surface area contributed by atoms with Gasteiger partial charge in [0.25, 0.3) is 0 Å². The molecule has 0 aliphatic heterocycles. The van der Waals surface area contributed by atoms with Crippen LogP contribution in [0.25, 0.3) is 27.9 Å². The Morgan fingerprint density at radius 1 is 1.16 bits per heavy atom. The van der Waals surface area contributed by atoms with Crippen LogP contribution >= 0.6 is 0 Å². The van der Waals surface area contributed by atoms with E-state index in [1.54, 1.807) is 14.0 Å². The number of fused-ring (bicyclic) bond motifs is 3. The third-order valence-electron chi connectivity index (χ3n) is 5.15. The second-order valence-corrected chi connectivity index (χ2v) is 8.84. The summed E-state index contributed by atoms with van der Waals surface area (Å²) >= 11 is 0. The number of rotatable bonds is 5. The highest BCUT2D eigenvalue weighted by atomic mass is 16.6. The Balaban J connectivity index is 1.85. The molecule has 2 heterocycles. The fourth-order valence-electron chi connectivity index (χ4n) is 3.61. The van der Waals surface area contributed by atoms with E-state index in [1.807, 2.05) is 76.4 Å². The molecule has 0 radical (unpaired) electrons. The molecule has 2 aromatic carbocycles. The number of nitrogens with zero attached hydrogens (tertiary/aromatic N) is 3. The van der Waals surface area contributed by atoms with E-state index in [0.717, 1.165) is 33.6 Å². The number of anilines is 1. The molecule has 0 spiro atoms. The Hall–Kier alpha value is -3.61. The molecule has 0 saturated carbocycles. The molecule has 7 nitrogen and oxygen atoms in total. The summed E-state index contributed by atoms with van der Waals surface area (Å²) in [6.45, 7) is 9.31. The number of para-hydroxylation sites is 2. The average molecular weight is 433 g/mol. The molecule has 2 aromatic heterocycles. The largest absolute Gasteiger partial charge is 0.496 e. The Labute approximate surface area is 187 Å². The van der Waals surface area contributed by atoms with E-state index in [-0.39, 0.29) is 5.97 Å². The van der Waals surface area contributed by atoms with Crippen LogP contribution in [0.2, 0.25) is 0 Å². The summed E-state index contributed by atoms with van der Waals surface area (Å²) in [7, 11) is 1.67. The van der Waals surface area contributed by atoms with E-state index in [0.29, 0.717) is 11.5 Å². The predicted octanol–water partition coefficient (Wildman–Crippen LogP) is 5.01. The number of ether oxygens (including phenoxy) is 2. The van der Waals surface area contributed by atoms with Crippen LogP contribution in [-0.2, 0) is 9.53 Å². The number of carbonyl (C=O) groups excluding carboxylic acids is 1. The standard InChI is InChI=1S/C25H28N4O3/c1-15-11-12-17(13-21(15)31-6)20-14-26-23-22(27-16(2)24(30)32-25(3,4)5)28-18-9-7-8-10-19(18)29(20)23/h7-14,16H,1-6H3,(H,27,28). The van der Waals surface area contributed by atoms with Gasteiger partial charge in [-0.05, 0) is 58.4 Å². The number of hydrogen-bond acceptors (Lipinski definition) is 6. The number of aromatic nitrogens is 3. The van der Waals surface area contributed by atoms with Crippen molar-refractivity contribution in [2.45, 2.75) is 46.3 Å². The number of hydrogen-bond donors (Lipinski definition) is 1. The lowest BCUT2D eigenvalue weighted by Gasteiger charge is -2.23. The minimum Gasteiger partial charge on any atom is -0.496 e. The van der Waals surface area contributed by atoms with Crippen molar-refractivity contribution in [3.63, 3.8) is 0 Å². The number of imidazole rings is 1. The fraction of sp³-hybridized carbons (Fsp3) is 0.320. The predicted molar refractivity (Wildman–Crippen MR) is 126 cm³/mol. The van der Waals surface area contributed by atoms with Gasteiger partial charge in [-0.3, -0.25) is 4.40 Å². The Kier molecular flexibility index (Phi) is 5.50. The maximum atomic E-state index is 12.5. The molecule has 0 bridgehead atoms. The van der Waals surface area contributed by atoms with Crippen LogP contribution in [-0.4, -0.2) is 39.1 Å². The molecule has 166 valence electrons. The molecular formula is C25H28N4O3. The van der Waals surface area contributed by atoms with E-state index >= 15 is 0 Å². The maximum absolute atomic E-state index is 12.5. The monoisotopic (exact) mass is 432 g/mol. The molecule has 0 fully saturated rings. The van der Waals surface area contributed by atoms with Gasteiger partial charge >= 0.3 is 5.97 Å². The summed E-state index contributed by atoms with van der Waals surface area (Å²) in [5, 5.41) is 3.20. The van der Waals surface area contributed by atoms with Crippen molar-refractivity contribution in [1.29, 1.82) is 0 Å². The molecule has 1 atom stereocenters. The molecule has 0 amide bonds. The van der Waals surface area contributed by atoms with Gasteiger partial charge < -0.3 is 14.8 Å². The van der Waals surface area contributed by atoms with Gasteiger partial charge in [0.2, 0.25) is 0 Å². The number of nitrogens with one attached hydrogen (secondary N) is 1. The van der Waals surface area contributed by atoms with E-state index in [4.69, 9.17) is 14.5 Å². The summed E-state index contributed by atoms with van der Waals surface area (Å²) in [4.78, 5) is 21.9. The lowest BCUT2D eigenvalue weighted by Crippen LogP contribution is -2.34. The van der Waals surface area contributed by atoms with E-state index in [9.17, 15) is 4.79 Å². The van der Waals surface area contributed by atoms with Crippen molar-refractivity contribution in [1.82, 2.24) is 14.4 Å². The van der Waals surface area contributed by atoms with Gasteiger partial charge in [0.15, 0.2) is 11.5 Å². The molecule has 4 aromatic rings. The summed E-state index contributed by atoms with van der Waals surface area (Å²) in [6.07, 6.45) is 1.82. The minimum atomic E-state index is -0.591. The van der Waals surface area contributed by atoms with E-state index in [1.165, 1.54) is 0 Å². The molecule has 0 saturated heterocycles. The number of aryl methyl sites for hydroxylation is 1. The molecule has 32 heavy (non-hydrogen) atoms. The van der Waals surface area contributed by atoms with Crippen LogP contribution in [0.15, 0.2) is 48.7 Å². The van der Waals surface area contributed by atoms with Gasteiger partial charge in [0.1, 0.15) is 17.4 Å². The Morgan fingerprint density at radius 3 is 2.62 bits per heavy atom. The highest BCUT2D eigenvalue weighted by molar-refractivity contribution is 5.88. The van der Waals surface area contributed by atoms with Gasteiger partial charge in [-0.2, -0.15) is 0 Å². The van der Waals surface area contributed by atoms with Crippen LogP contribution < -0.4 is 10.1 Å². The fourth-order valence-corrected chi connectivity index (χ4v) is 3.61. The van der Waals surface area contributed by atoms with Crippen molar-refractivity contribution >= 4 is 28.5 Å². The van der Waals surface area contributed by atoms with E-state index in [2.05, 4.69) is 14.7 Å². The minimum absolute atomic E-state index is 0.347. The molecule has 7 heteroatoms. The first-order valence-corrected chi connectivity index (χ1v) is 10.6. The molecule has 4 rings (SSSR count). The average Bonchev–Trinajstić information content (AvgIpc) is 3.19. The molecule has 1 unspecified atom stereocenters. The second-order valence-electron chi connectivity index (χ2n) is 8.84. The first-order chi connectivity index (χ1) is 15.2. The van der Waals surface area contributed by atoms with Crippen LogP contribution in [0.4, 0.5) is 5.82 Å². The third-order valence-corrected chi connectivity index (χ3v) is 5.15. The van der Waals surface area contributed by atoms with Gasteiger partial charge in [-0.1, -0.05) is 24.3 Å². The van der Waals surface area contributed by atoms with Crippen molar-refractivity contribution < 1.29 is 14.3 Å². The number of carbonyl (C=O) groups is 1. The smallest absolute Gasteiger partial charge is 0.328 e. The van der Waals surface area contributed by atoms with Crippen LogP contribution in [0, 0.1) is 6.92 Å². The summed E-state index contributed by atoms with van der Waals surface area (Å²) < 4.78 is 13.1. The molecule has 0 aliphatic carbocycles. The van der Waals surface area contributed by atoms with Crippen LogP contribution in [0.3, 0.4) is 0 Å². The molecule has 0 aliphatic rings. The first kappa shape index (κ1) is 21.6. The zero-order chi connectivity index (χ0) is 23.0. The number of methoxy groups -OCH3 is 1. The van der Waals surface area contributed by atoms with E-state index < -0.39 is 11.6 Å². The first-order valence-electron chi connectivity index (χ1n) is 10.6. The summed E-state index contributed by atoms with van der Waals surface area (Å²) in [5.41, 5.74) is 4.72. The Bertz CT molecular complexity index is 1300. The zero-order valence-corrected chi connectivity index (χ0v) is 19.3. The van der Waals surface area contributed by atoms with Crippen LogP contribution in [0.1, 0.15) is 33.3 Å². The van der Waals surface area contributed by atoms with Gasteiger partial charge in [-0.15, -0.1) is 0 Å².